The molecule has 0 saturated carbocycles. The molecule has 2 aromatic rings. The summed E-state index contributed by atoms with van der Waals surface area (Å²) in [6.07, 6.45) is 0. The summed E-state index contributed by atoms with van der Waals surface area (Å²) in [5, 5.41) is 2.76. The SMILES string of the molecule is CC(=O)c1cc2c(cc1NC(=O)COC(=O)c1cccc(Cl)c1Cl)OCO2. The van der Waals surface area contributed by atoms with Crippen LogP contribution in [0.5, 0.6) is 11.5 Å². The summed E-state index contributed by atoms with van der Waals surface area (Å²) in [5.74, 6) is -0.887. The molecule has 1 aliphatic rings. The first-order valence-electron chi connectivity index (χ1n) is 7.72. The molecule has 27 heavy (non-hydrogen) atoms. The molecule has 3 rings (SSSR count). The van der Waals surface area contributed by atoms with E-state index in [4.69, 9.17) is 37.4 Å². The maximum absolute atomic E-state index is 12.1. The number of halogens is 2. The Kier molecular flexibility index (Phi) is 5.53. The Morgan fingerprint density at radius 1 is 1.11 bits per heavy atom. The summed E-state index contributed by atoms with van der Waals surface area (Å²) < 4.78 is 15.4. The Balaban J connectivity index is 1.69. The Labute approximate surface area is 164 Å². The molecule has 1 aliphatic heterocycles. The molecule has 0 atom stereocenters. The number of benzene rings is 2. The molecule has 1 heterocycles. The fourth-order valence-electron chi connectivity index (χ4n) is 2.39. The molecular weight excluding hydrogens is 397 g/mol. The van der Waals surface area contributed by atoms with Gasteiger partial charge in [-0.05, 0) is 25.1 Å². The lowest BCUT2D eigenvalue weighted by Gasteiger charge is -2.11. The summed E-state index contributed by atoms with van der Waals surface area (Å²) in [6.45, 7) is 0.809. The van der Waals surface area contributed by atoms with Gasteiger partial charge < -0.3 is 19.5 Å². The molecule has 0 unspecified atom stereocenters. The highest BCUT2D eigenvalue weighted by molar-refractivity contribution is 6.43. The number of esters is 1. The maximum Gasteiger partial charge on any atom is 0.340 e. The molecule has 140 valence electrons. The first kappa shape index (κ1) is 19.0. The van der Waals surface area contributed by atoms with Crippen LogP contribution in [0.15, 0.2) is 30.3 Å². The van der Waals surface area contributed by atoms with Crippen LogP contribution in [0, 0.1) is 0 Å². The Bertz CT molecular complexity index is 944. The van der Waals surface area contributed by atoms with Gasteiger partial charge >= 0.3 is 5.97 Å². The van der Waals surface area contributed by atoms with Crippen molar-refractivity contribution < 1.29 is 28.6 Å². The van der Waals surface area contributed by atoms with Crippen molar-refractivity contribution in [3.8, 4) is 11.5 Å². The van der Waals surface area contributed by atoms with Gasteiger partial charge in [0.25, 0.3) is 5.91 Å². The van der Waals surface area contributed by atoms with Gasteiger partial charge in [-0.1, -0.05) is 29.3 Å². The molecule has 0 saturated heterocycles. The Hall–Kier alpha value is -2.77. The fraction of sp³-hybridized carbons (Fsp3) is 0.167. The van der Waals surface area contributed by atoms with Crippen molar-refractivity contribution in [3.63, 3.8) is 0 Å². The number of nitrogens with one attached hydrogen (secondary N) is 1. The zero-order chi connectivity index (χ0) is 19.6. The molecule has 7 nitrogen and oxygen atoms in total. The van der Waals surface area contributed by atoms with Gasteiger partial charge in [-0.15, -0.1) is 0 Å². The highest BCUT2D eigenvalue weighted by atomic mass is 35.5. The van der Waals surface area contributed by atoms with Gasteiger partial charge in [-0.25, -0.2) is 4.79 Å². The number of hydrogen-bond donors (Lipinski definition) is 1. The number of rotatable bonds is 5. The minimum absolute atomic E-state index is 0.0298. The van der Waals surface area contributed by atoms with E-state index < -0.39 is 18.5 Å². The number of anilines is 1. The second-order valence-corrected chi connectivity index (χ2v) is 6.32. The topological polar surface area (TPSA) is 90.9 Å². The normalized spacial score (nSPS) is 11.8. The number of ketones is 1. The van der Waals surface area contributed by atoms with Crippen LogP contribution in [0.1, 0.15) is 27.6 Å². The molecule has 0 spiro atoms. The molecule has 0 radical (unpaired) electrons. The summed E-state index contributed by atoms with van der Waals surface area (Å²) in [6, 6.07) is 7.46. The van der Waals surface area contributed by atoms with Crippen LogP contribution in [0.3, 0.4) is 0 Å². The van der Waals surface area contributed by atoms with Crippen molar-refractivity contribution in [2.45, 2.75) is 6.92 Å². The largest absolute Gasteiger partial charge is 0.454 e. The number of Topliss-reactive ketones (excluding diaryl/α,β-unsaturated/α-hetero) is 1. The van der Waals surface area contributed by atoms with E-state index in [0.717, 1.165) is 0 Å². The van der Waals surface area contributed by atoms with Gasteiger partial charge in [0.1, 0.15) is 0 Å². The number of fused-ring (bicyclic) bond motifs is 1. The van der Waals surface area contributed by atoms with E-state index in [1.54, 1.807) is 0 Å². The van der Waals surface area contributed by atoms with Crippen LogP contribution in [-0.4, -0.2) is 31.1 Å². The van der Waals surface area contributed by atoms with Crippen LogP contribution in [0.25, 0.3) is 0 Å². The zero-order valence-corrected chi connectivity index (χ0v) is 15.5. The Morgan fingerprint density at radius 3 is 2.52 bits per heavy atom. The summed E-state index contributed by atoms with van der Waals surface area (Å²) in [7, 11) is 0. The number of carbonyl (C=O) groups excluding carboxylic acids is 3. The van der Waals surface area contributed by atoms with E-state index in [1.165, 1.54) is 37.3 Å². The molecular formula is C18H13Cl2NO6. The van der Waals surface area contributed by atoms with Gasteiger partial charge in [-0.3, -0.25) is 9.59 Å². The second-order valence-electron chi connectivity index (χ2n) is 5.53. The molecule has 0 fully saturated rings. The molecule has 9 heteroatoms. The quantitative estimate of drug-likeness (QED) is 0.597. The van der Waals surface area contributed by atoms with E-state index in [0.29, 0.717) is 11.5 Å². The van der Waals surface area contributed by atoms with E-state index in [2.05, 4.69) is 5.32 Å². The minimum atomic E-state index is -0.796. The van der Waals surface area contributed by atoms with Crippen LogP contribution in [0.2, 0.25) is 10.0 Å². The van der Waals surface area contributed by atoms with Crippen LogP contribution >= 0.6 is 23.2 Å². The third-order valence-corrected chi connectivity index (χ3v) is 4.49. The van der Waals surface area contributed by atoms with Crippen molar-refractivity contribution in [1.29, 1.82) is 0 Å². The van der Waals surface area contributed by atoms with Crippen molar-refractivity contribution in [1.82, 2.24) is 0 Å². The minimum Gasteiger partial charge on any atom is -0.454 e. The number of ether oxygens (including phenoxy) is 3. The monoisotopic (exact) mass is 409 g/mol. The molecule has 0 aliphatic carbocycles. The van der Waals surface area contributed by atoms with Gasteiger partial charge in [0.2, 0.25) is 6.79 Å². The third-order valence-electron chi connectivity index (χ3n) is 3.67. The first-order valence-corrected chi connectivity index (χ1v) is 8.48. The summed E-state index contributed by atoms with van der Waals surface area (Å²) in [5.41, 5.74) is 0.523. The van der Waals surface area contributed by atoms with Crippen molar-refractivity contribution in [2.24, 2.45) is 0 Å². The summed E-state index contributed by atoms with van der Waals surface area (Å²) in [4.78, 5) is 36.0. The van der Waals surface area contributed by atoms with Gasteiger partial charge in [-0.2, -0.15) is 0 Å². The van der Waals surface area contributed by atoms with Gasteiger partial charge in [0.15, 0.2) is 23.9 Å². The van der Waals surface area contributed by atoms with Gasteiger partial charge in [0, 0.05) is 11.6 Å². The van der Waals surface area contributed by atoms with E-state index in [-0.39, 0.29) is 39.4 Å². The molecule has 2 aromatic carbocycles. The zero-order valence-electron chi connectivity index (χ0n) is 14.0. The fourth-order valence-corrected chi connectivity index (χ4v) is 2.77. The van der Waals surface area contributed by atoms with Crippen LogP contribution < -0.4 is 14.8 Å². The average Bonchev–Trinajstić information content (AvgIpc) is 3.08. The van der Waals surface area contributed by atoms with E-state index in [1.807, 2.05) is 0 Å². The lowest BCUT2D eigenvalue weighted by atomic mass is 10.1. The lowest BCUT2D eigenvalue weighted by molar-refractivity contribution is -0.119. The molecule has 1 amide bonds. The van der Waals surface area contributed by atoms with Crippen molar-refractivity contribution in [3.05, 3.63) is 51.5 Å². The predicted octanol–water partition coefficient (Wildman–Crippen LogP) is 3.72. The number of carbonyl (C=O) groups is 3. The second kappa shape index (κ2) is 7.85. The van der Waals surface area contributed by atoms with Crippen LogP contribution in [-0.2, 0) is 9.53 Å². The number of hydrogen-bond acceptors (Lipinski definition) is 6. The van der Waals surface area contributed by atoms with Crippen molar-refractivity contribution >= 4 is 46.5 Å². The summed E-state index contributed by atoms with van der Waals surface area (Å²) >= 11 is 11.8. The number of amides is 1. The maximum atomic E-state index is 12.1. The van der Waals surface area contributed by atoms with E-state index >= 15 is 0 Å². The first-order chi connectivity index (χ1) is 12.9. The Morgan fingerprint density at radius 2 is 1.81 bits per heavy atom. The highest BCUT2D eigenvalue weighted by Crippen LogP contribution is 2.37. The van der Waals surface area contributed by atoms with Crippen LogP contribution in [0.4, 0.5) is 5.69 Å². The molecule has 0 aromatic heterocycles. The van der Waals surface area contributed by atoms with Gasteiger partial charge in [0.05, 0.1) is 21.3 Å². The molecule has 1 N–H and O–H groups in total. The molecule has 0 bridgehead atoms. The average molecular weight is 410 g/mol. The van der Waals surface area contributed by atoms with E-state index in [9.17, 15) is 14.4 Å². The predicted molar refractivity (Wildman–Crippen MR) is 97.9 cm³/mol. The standard InChI is InChI=1S/C18H13Cl2NO6/c1-9(22)11-5-14-15(27-8-26-14)6-13(11)21-16(23)7-25-18(24)10-3-2-4-12(19)17(10)20/h2-6H,7-8H2,1H3,(H,21,23). The lowest BCUT2D eigenvalue weighted by Crippen LogP contribution is -2.22. The smallest absolute Gasteiger partial charge is 0.340 e. The highest BCUT2D eigenvalue weighted by Gasteiger charge is 2.21. The van der Waals surface area contributed by atoms with Crippen molar-refractivity contribution in [2.75, 3.05) is 18.7 Å². The third kappa shape index (κ3) is 4.15.